The van der Waals surface area contributed by atoms with Crippen LogP contribution >= 0.6 is 0 Å². The maximum absolute atomic E-state index is 12.2. The molecule has 0 aliphatic heterocycles. The third-order valence-corrected chi connectivity index (χ3v) is 6.36. The molecule has 0 heterocycles. The number of hydrogen-bond acceptors (Lipinski definition) is 3. The molecule has 4 bridgehead atoms. The van der Waals surface area contributed by atoms with Crippen LogP contribution in [0.25, 0.3) is 0 Å². The van der Waals surface area contributed by atoms with Crippen LogP contribution in [0, 0.1) is 23.2 Å². The Kier molecular flexibility index (Phi) is 3.82. The molecule has 5 rings (SSSR count). The van der Waals surface area contributed by atoms with Crippen LogP contribution in [0.1, 0.15) is 55.3 Å². The molecule has 3 heteroatoms. The zero-order chi connectivity index (χ0) is 15.9. The van der Waals surface area contributed by atoms with Crippen molar-refractivity contribution in [3.05, 3.63) is 29.8 Å². The van der Waals surface area contributed by atoms with E-state index in [9.17, 15) is 4.79 Å². The molecule has 4 fully saturated rings. The highest BCUT2D eigenvalue weighted by Gasteiger charge is 2.50. The maximum atomic E-state index is 12.2. The van der Waals surface area contributed by atoms with E-state index in [1.807, 2.05) is 0 Å². The Hall–Kier alpha value is -1.51. The summed E-state index contributed by atoms with van der Waals surface area (Å²) in [7, 11) is 1.62. The molecule has 1 aromatic rings. The van der Waals surface area contributed by atoms with Crippen molar-refractivity contribution in [2.75, 3.05) is 13.7 Å². The first-order valence-corrected chi connectivity index (χ1v) is 8.97. The molecule has 0 spiro atoms. The lowest BCUT2D eigenvalue weighted by molar-refractivity contribution is -0.0653. The first-order valence-electron chi connectivity index (χ1n) is 8.97. The van der Waals surface area contributed by atoms with Crippen molar-refractivity contribution in [3.8, 4) is 5.75 Å². The molecule has 3 nitrogen and oxygen atoms in total. The summed E-state index contributed by atoms with van der Waals surface area (Å²) in [6.07, 6.45) is 9.57. The second-order valence-electron chi connectivity index (χ2n) is 8.03. The number of ether oxygens (including phenoxy) is 2. The van der Waals surface area contributed by atoms with E-state index in [1.165, 1.54) is 38.5 Å². The van der Waals surface area contributed by atoms with Crippen LogP contribution in [0.2, 0.25) is 0 Å². The summed E-state index contributed by atoms with van der Waals surface area (Å²) in [5, 5.41) is 0. The van der Waals surface area contributed by atoms with Gasteiger partial charge in [0.25, 0.3) is 0 Å². The molecule has 124 valence electrons. The van der Waals surface area contributed by atoms with Crippen LogP contribution in [0.3, 0.4) is 0 Å². The Morgan fingerprint density at radius 1 is 1.04 bits per heavy atom. The topological polar surface area (TPSA) is 35.5 Å². The highest BCUT2D eigenvalue weighted by Crippen LogP contribution is 2.61. The van der Waals surface area contributed by atoms with Crippen molar-refractivity contribution < 1.29 is 14.3 Å². The molecule has 4 saturated carbocycles. The van der Waals surface area contributed by atoms with Gasteiger partial charge in [-0.3, -0.25) is 0 Å². The second kappa shape index (κ2) is 5.85. The summed E-state index contributed by atoms with van der Waals surface area (Å²) >= 11 is 0. The van der Waals surface area contributed by atoms with Crippen molar-refractivity contribution in [1.29, 1.82) is 0 Å². The number of hydrogen-bond donors (Lipinski definition) is 0. The summed E-state index contributed by atoms with van der Waals surface area (Å²) < 4.78 is 10.7. The molecule has 0 unspecified atom stereocenters. The largest absolute Gasteiger partial charge is 0.497 e. The van der Waals surface area contributed by atoms with Gasteiger partial charge in [-0.25, -0.2) is 4.79 Å². The van der Waals surface area contributed by atoms with Gasteiger partial charge in [0.15, 0.2) is 0 Å². The lowest BCUT2D eigenvalue weighted by Gasteiger charge is -2.57. The van der Waals surface area contributed by atoms with Gasteiger partial charge in [-0.05, 0) is 92.4 Å². The zero-order valence-corrected chi connectivity index (χ0v) is 13.9. The normalized spacial score (nSPS) is 34.4. The van der Waals surface area contributed by atoms with Gasteiger partial charge in [-0.2, -0.15) is 0 Å². The quantitative estimate of drug-likeness (QED) is 0.753. The lowest BCUT2D eigenvalue weighted by atomic mass is 9.49. The van der Waals surface area contributed by atoms with Crippen molar-refractivity contribution in [1.82, 2.24) is 0 Å². The fraction of sp³-hybridized carbons (Fsp3) is 0.650. The van der Waals surface area contributed by atoms with Crippen molar-refractivity contribution >= 4 is 5.97 Å². The maximum Gasteiger partial charge on any atom is 0.338 e. The number of rotatable bonds is 5. The van der Waals surface area contributed by atoms with Crippen LogP contribution < -0.4 is 4.74 Å². The highest BCUT2D eigenvalue weighted by molar-refractivity contribution is 5.89. The Morgan fingerprint density at radius 2 is 1.61 bits per heavy atom. The molecule has 0 aromatic heterocycles. The standard InChI is InChI=1S/C20H26O3/c1-22-18-4-2-17(3-5-18)19(21)23-7-6-20-11-14-8-15(12-20)10-16(9-14)13-20/h2-5,14-16H,6-13H2,1H3. The monoisotopic (exact) mass is 314 g/mol. The number of methoxy groups -OCH3 is 1. The molecular weight excluding hydrogens is 288 g/mol. The predicted molar refractivity (Wildman–Crippen MR) is 88.5 cm³/mol. The summed E-state index contributed by atoms with van der Waals surface area (Å²) in [6, 6.07) is 7.14. The molecule has 0 atom stereocenters. The summed E-state index contributed by atoms with van der Waals surface area (Å²) in [5.74, 6) is 3.42. The Morgan fingerprint density at radius 3 is 2.13 bits per heavy atom. The van der Waals surface area contributed by atoms with E-state index >= 15 is 0 Å². The minimum atomic E-state index is -0.211. The molecule has 1 aromatic carbocycles. The van der Waals surface area contributed by atoms with Gasteiger partial charge < -0.3 is 9.47 Å². The SMILES string of the molecule is COc1ccc(C(=O)OCCC23CC4CC(CC(C4)C2)C3)cc1. The smallest absolute Gasteiger partial charge is 0.338 e. The van der Waals surface area contributed by atoms with Crippen LogP contribution in [-0.4, -0.2) is 19.7 Å². The van der Waals surface area contributed by atoms with Gasteiger partial charge in [0.1, 0.15) is 5.75 Å². The minimum Gasteiger partial charge on any atom is -0.497 e. The Balaban J connectivity index is 1.32. The van der Waals surface area contributed by atoms with Gasteiger partial charge in [0.2, 0.25) is 0 Å². The summed E-state index contributed by atoms with van der Waals surface area (Å²) in [5.41, 5.74) is 1.09. The van der Waals surface area contributed by atoms with Crippen molar-refractivity contribution in [3.63, 3.8) is 0 Å². The van der Waals surface area contributed by atoms with Crippen molar-refractivity contribution in [2.45, 2.75) is 44.9 Å². The van der Waals surface area contributed by atoms with Gasteiger partial charge in [0.05, 0.1) is 19.3 Å². The Bertz CT molecular complexity index is 540. The molecule has 0 radical (unpaired) electrons. The lowest BCUT2D eigenvalue weighted by Crippen LogP contribution is -2.46. The number of benzene rings is 1. The fourth-order valence-corrected chi connectivity index (χ4v) is 5.77. The predicted octanol–water partition coefficient (Wildman–Crippen LogP) is 4.46. The zero-order valence-electron chi connectivity index (χ0n) is 13.9. The van der Waals surface area contributed by atoms with E-state index in [2.05, 4.69) is 0 Å². The molecule has 0 N–H and O–H groups in total. The number of carbonyl (C=O) groups excluding carboxylic acids is 1. The molecule has 23 heavy (non-hydrogen) atoms. The van der Waals surface area contributed by atoms with E-state index < -0.39 is 0 Å². The first kappa shape index (κ1) is 15.0. The average molecular weight is 314 g/mol. The van der Waals surface area contributed by atoms with E-state index in [-0.39, 0.29) is 5.97 Å². The third kappa shape index (κ3) is 2.98. The van der Waals surface area contributed by atoms with E-state index in [4.69, 9.17) is 9.47 Å². The van der Waals surface area contributed by atoms with Crippen LogP contribution in [0.5, 0.6) is 5.75 Å². The fourth-order valence-electron chi connectivity index (χ4n) is 5.77. The minimum absolute atomic E-state index is 0.211. The second-order valence-corrected chi connectivity index (χ2v) is 8.03. The van der Waals surface area contributed by atoms with Crippen molar-refractivity contribution in [2.24, 2.45) is 23.2 Å². The average Bonchev–Trinajstić information content (AvgIpc) is 2.53. The molecule has 4 aliphatic rings. The van der Waals surface area contributed by atoms with Gasteiger partial charge in [-0.1, -0.05) is 0 Å². The van der Waals surface area contributed by atoms with Gasteiger partial charge in [-0.15, -0.1) is 0 Å². The molecule has 4 aliphatic carbocycles. The van der Waals surface area contributed by atoms with Crippen LogP contribution in [0.4, 0.5) is 0 Å². The number of esters is 1. The first-order chi connectivity index (χ1) is 11.2. The van der Waals surface area contributed by atoms with Crippen LogP contribution in [0.15, 0.2) is 24.3 Å². The summed E-state index contributed by atoms with van der Waals surface area (Å²) in [6.45, 7) is 0.566. The Labute approximate surface area is 138 Å². The molecule has 0 saturated heterocycles. The van der Waals surface area contributed by atoms with Gasteiger partial charge >= 0.3 is 5.97 Å². The molecule has 0 amide bonds. The third-order valence-electron chi connectivity index (χ3n) is 6.36. The van der Waals surface area contributed by atoms with E-state index in [0.717, 1.165) is 29.9 Å². The van der Waals surface area contributed by atoms with Crippen LogP contribution in [-0.2, 0) is 4.74 Å². The van der Waals surface area contributed by atoms with E-state index in [1.54, 1.807) is 31.4 Å². The molecular formula is C20H26O3. The van der Waals surface area contributed by atoms with Gasteiger partial charge in [0, 0.05) is 0 Å². The number of carbonyl (C=O) groups is 1. The highest BCUT2D eigenvalue weighted by atomic mass is 16.5. The summed E-state index contributed by atoms with van der Waals surface area (Å²) in [4.78, 5) is 12.2. The van der Waals surface area contributed by atoms with E-state index in [0.29, 0.717) is 17.6 Å².